The minimum atomic E-state index is 0.572. The van der Waals surface area contributed by atoms with Crippen LogP contribution in [-0.2, 0) is 13.1 Å². The third kappa shape index (κ3) is 4.46. The van der Waals surface area contributed by atoms with Gasteiger partial charge in [-0.15, -0.1) is 0 Å². The van der Waals surface area contributed by atoms with Gasteiger partial charge < -0.3 is 10.6 Å². The molecular formula is C22H30N2. The second kappa shape index (κ2) is 8.46. The number of hydrogen-bond donors (Lipinski definition) is 2. The highest BCUT2D eigenvalue weighted by Crippen LogP contribution is 2.20. The van der Waals surface area contributed by atoms with Crippen molar-refractivity contribution in [1.82, 2.24) is 10.6 Å². The zero-order valence-electron chi connectivity index (χ0n) is 15.0. The lowest BCUT2D eigenvalue weighted by molar-refractivity contribution is 0.281. The molecule has 2 nitrogen and oxygen atoms in total. The largest absolute Gasteiger partial charge is 0.308 e. The lowest BCUT2D eigenvalue weighted by Crippen LogP contribution is -2.49. The van der Waals surface area contributed by atoms with Gasteiger partial charge in [0.1, 0.15) is 0 Å². The van der Waals surface area contributed by atoms with Crippen molar-refractivity contribution in [3.8, 4) is 0 Å². The van der Waals surface area contributed by atoms with Crippen LogP contribution in [0.5, 0.6) is 0 Å². The first-order valence-electron chi connectivity index (χ1n) is 9.30. The van der Waals surface area contributed by atoms with E-state index in [4.69, 9.17) is 0 Å². The van der Waals surface area contributed by atoms with Crippen LogP contribution in [0.15, 0.2) is 48.5 Å². The third-order valence-electron chi connectivity index (χ3n) is 5.40. The van der Waals surface area contributed by atoms with Crippen LogP contribution in [0, 0.1) is 13.8 Å². The van der Waals surface area contributed by atoms with Gasteiger partial charge in [0.05, 0.1) is 0 Å². The Balaban J connectivity index is 1.57. The molecule has 1 aliphatic rings. The number of nitrogens with one attached hydrogen (secondary N) is 2. The van der Waals surface area contributed by atoms with Gasteiger partial charge in [-0.2, -0.15) is 0 Å². The third-order valence-corrected chi connectivity index (χ3v) is 5.40. The molecule has 2 N–H and O–H groups in total. The van der Waals surface area contributed by atoms with Gasteiger partial charge in [0.15, 0.2) is 0 Å². The molecule has 0 saturated heterocycles. The van der Waals surface area contributed by atoms with Crippen LogP contribution in [0.3, 0.4) is 0 Å². The summed E-state index contributed by atoms with van der Waals surface area (Å²) in [4.78, 5) is 0. The van der Waals surface area contributed by atoms with Crippen molar-refractivity contribution >= 4 is 0 Å². The zero-order chi connectivity index (χ0) is 16.8. The number of rotatable bonds is 6. The van der Waals surface area contributed by atoms with Gasteiger partial charge in [-0.05, 0) is 48.9 Å². The normalized spacial score (nSPS) is 20.9. The van der Waals surface area contributed by atoms with Crippen LogP contribution in [0.25, 0.3) is 0 Å². The Morgan fingerprint density at radius 3 is 1.54 bits per heavy atom. The van der Waals surface area contributed by atoms with E-state index in [9.17, 15) is 0 Å². The van der Waals surface area contributed by atoms with Crippen molar-refractivity contribution in [2.45, 2.75) is 64.7 Å². The number of benzene rings is 2. The predicted molar refractivity (Wildman–Crippen MR) is 102 cm³/mol. The molecule has 0 heterocycles. The van der Waals surface area contributed by atoms with Crippen molar-refractivity contribution < 1.29 is 0 Å². The van der Waals surface area contributed by atoms with Crippen LogP contribution in [0.4, 0.5) is 0 Å². The number of hydrogen-bond acceptors (Lipinski definition) is 2. The highest BCUT2D eigenvalue weighted by Gasteiger charge is 2.24. The quantitative estimate of drug-likeness (QED) is 0.818. The molecule has 2 heteroatoms. The maximum atomic E-state index is 3.82. The Hall–Kier alpha value is -1.64. The summed E-state index contributed by atoms with van der Waals surface area (Å²) in [6.07, 6.45) is 5.23. The van der Waals surface area contributed by atoms with Crippen molar-refractivity contribution in [3.63, 3.8) is 0 Å². The molecular weight excluding hydrogens is 292 g/mol. The first-order chi connectivity index (χ1) is 11.7. The molecule has 3 rings (SSSR count). The molecule has 0 unspecified atom stereocenters. The first kappa shape index (κ1) is 17.2. The molecule has 2 aromatic carbocycles. The molecule has 2 aromatic rings. The van der Waals surface area contributed by atoms with E-state index in [0.717, 1.165) is 13.1 Å². The Bertz CT molecular complexity index is 592. The van der Waals surface area contributed by atoms with E-state index in [-0.39, 0.29) is 0 Å². The van der Waals surface area contributed by atoms with Gasteiger partial charge in [-0.25, -0.2) is 0 Å². The predicted octanol–water partition coefficient (Wildman–Crippen LogP) is 4.49. The van der Waals surface area contributed by atoms with Crippen LogP contribution in [-0.4, -0.2) is 12.1 Å². The summed E-state index contributed by atoms with van der Waals surface area (Å²) >= 11 is 0. The smallest absolute Gasteiger partial charge is 0.0224 e. The van der Waals surface area contributed by atoms with Gasteiger partial charge >= 0.3 is 0 Å². The molecule has 0 bridgehead atoms. The van der Waals surface area contributed by atoms with E-state index in [2.05, 4.69) is 73.0 Å². The minimum absolute atomic E-state index is 0.572. The Morgan fingerprint density at radius 1 is 0.708 bits per heavy atom. The van der Waals surface area contributed by atoms with Crippen molar-refractivity contribution in [1.29, 1.82) is 0 Å². The number of aryl methyl sites for hydroxylation is 2. The summed E-state index contributed by atoms with van der Waals surface area (Å²) in [6, 6.07) is 18.5. The average molecular weight is 322 g/mol. The Kier molecular flexibility index (Phi) is 6.06. The molecule has 1 fully saturated rings. The van der Waals surface area contributed by atoms with E-state index >= 15 is 0 Å². The molecule has 0 aromatic heterocycles. The molecule has 2 atom stereocenters. The first-order valence-corrected chi connectivity index (χ1v) is 9.30. The van der Waals surface area contributed by atoms with Crippen LogP contribution in [0.2, 0.25) is 0 Å². The molecule has 1 saturated carbocycles. The summed E-state index contributed by atoms with van der Waals surface area (Å²) in [5.41, 5.74) is 5.59. The second-order valence-electron chi connectivity index (χ2n) is 7.11. The summed E-state index contributed by atoms with van der Waals surface area (Å²) in [5, 5.41) is 7.63. The fourth-order valence-electron chi connectivity index (χ4n) is 3.72. The molecule has 1 aliphatic carbocycles. The van der Waals surface area contributed by atoms with E-state index in [1.807, 2.05) is 0 Å². The molecule has 0 amide bonds. The van der Waals surface area contributed by atoms with Crippen LogP contribution >= 0.6 is 0 Å². The highest BCUT2D eigenvalue weighted by atomic mass is 15.0. The highest BCUT2D eigenvalue weighted by molar-refractivity contribution is 5.26. The fraction of sp³-hybridized carbons (Fsp3) is 0.455. The second-order valence-corrected chi connectivity index (χ2v) is 7.11. The van der Waals surface area contributed by atoms with Gasteiger partial charge in [0.2, 0.25) is 0 Å². The van der Waals surface area contributed by atoms with Gasteiger partial charge in [-0.3, -0.25) is 0 Å². The molecule has 0 spiro atoms. The summed E-state index contributed by atoms with van der Waals surface area (Å²) < 4.78 is 0. The van der Waals surface area contributed by atoms with Gasteiger partial charge in [0.25, 0.3) is 0 Å². The standard InChI is InChI=1S/C22H30N2/c1-17-9-3-5-11-19(17)15-23-21-13-7-8-14-22(21)24-16-20-12-6-4-10-18(20)2/h3-6,9-12,21-24H,7-8,13-16H2,1-2H3/t21-,22-/m1/s1. The zero-order valence-corrected chi connectivity index (χ0v) is 15.0. The van der Waals surface area contributed by atoms with E-state index in [1.54, 1.807) is 0 Å². The lowest BCUT2D eigenvalue weighted by atomic mass is 9.89. The van der Waals surface area contributed by atoms with Gasteiger partial charge in [-0.1, -0.05) is 61.4 Å². The monoisotopic (exact) mass is 322 g/mol. The summed E-state index contributed by atoms with van der Waals surface area (Å²) in [6.45, 7) is 6.34. The Labute approximate surface area is 146 Å². The molecule has 24 heavy (non-hydrogen) atoms. The summed E-state index contributed by atoms with van der Waals surface area (Å²) in [5.74, 6) is 0. The topological polar surface area (TPSA) is 24.1 Å². The summed E-state index contributed by atoms with van der Waals surface area (Å²) in [7, 11) is 0. The molecule has 0 radical (unpaired) electrons. The minimum Gasteiger partial charge on any atom is -0.308 e. The van der Waals surface area contributed by atoms with Gasteiger partial charge in [0, 0.05) is 25.2 Å². The van der Waals surface area contributed by atoms with E-state index < -0.39 is 0 Å². The molecule has 0 aliphatic heterocycles. The van der Waals surface area contributed by atoms with E-state index in [0.29, 0.717) is 12.1 Å². The maximum absolute atomic E-state index is 3.82. The van der Waals surface area contributed by atoms with Crippen molar-refractivity contribution in [2.24, 2.45) is 0 Å². The van der Waals surface area contributed by atoms with Crippen LogP contribution in [0.1, 0.15) is 47.9 Å². The average Bonchev–Trinajstić information content (AvgIpc) is 2.61. The van der Waals surface area contributed by atoms with E-state index in [1.165, 1.54) is 47.9 Å². The van der Waals surface area contributed by atoms with Crippen LogP contribution < -0.4 is 10.6 Å². The Morgan fingerprint density at radius 2 is 1.12 bits per heavy atom. The SMILES string of the molecule is Cc1ccccc1CN[C@@H]1CCCC[C@H]1NCc1ccccc1C. The van der Waals surface area contributed by atoms with Crippen molar-refractivity contribution in [2.75, 3.05) is 0 Å². The molecule has 128 valence electrons. The van der Waals surface area contributed by atoms with Crippen molar-refractivity contribution in [3.05, 3.63) is 70.8 Å². The maximum Gasteiger partial charge on any atom is 0.0224 e. The lowest BCUT2D eigenvalue weighted by Gasteiger charge is -2.33. The fourth-order valence-corrected chi connectivity index (χ4v) is 3.72.